The summed E-state index contributed by atoms with van der Waals surface area (Å²) in [5.41, 5.74) is 34.3. The molecule has 24 rings (SSSR count). The molecule has 0 aliphatic rings. The summed E-state index contributed by atoms with van der Waals surface area (Å²) >= 11 is 0. The molecule has 0 atom stereocenters. The van der Waals surface area contributed by atoms with Crippen molar-refractivity contribution in [1.29, 1.82) is 21.0 Å². The van der Waals surface area contributed by atoms with Crippen molar-refractivity contribution in [2.24, 2.45) is 0 Å². The standard InChI is InChI=1S/C120H70N12/c121-71-75-28-36-80(37-29-75)82-44-48-86(49-45-82)109-69-107(84-40-32-77(73-123)33-41-84)125-119(127-109)131-113-26-10-6-22-101(113)105-67-92(54-58-117(105)131)90-52-56-115-103(65-90)99-20-4-8-24-111(99)129(115)97-18-12-16-88(63-97)95-60-94(79-14-2-1-3-15-79)61-96(62-95)89-17-13-19-98(64-89)130-112-25-9-5-21-100(112)104-66-91(53-57-116(104)130)93-55-59-118-106(68-93)102-23-7-11-27-114(102)132(118)120-126-108(85-42-34-78(74-124)35-43-85)70-110(128-120)87-50-46-83(47-51-87)81-38-30-76(72-122)31-39-81/h1-70H. The van der Waals surface area contributed by atoms with Crippen LogP contribution in [-0.2, 0) is 0 Å². The van der Waals surface area contributed by atoms with Crippen molar-refractivity contribution in [3.05, 3.63) is 447 Å². The highest BCUT2D eigenvalue weighted by Gasteiger charge is 2.25. The van der Waals surface area contributed by atoms with Gasteiger partial charge in [0, 0.05) is 76.7 Å². The van der Waals surface area contributed by atoms with E-state index in [1.54, 1.807) is 0 Å². The first-order chi connectivity index (χ1) is 65.2. The maximum absolute atomic E-state index is 9.78. The van der Waals surface area contributed by atoms with Crippen LogP contribution in [0.2, 0.25) is 0 Å². The lowest BCUT2D eigenvalue weighted by molar-refractivity contribution is 0.995. The van der Waals surface area contributed by atoms with Crippen LogP contribution in [0, 0.1) is 45.3 Å². The molecule has 12 nitrogen and oxygen atoms in total. The predicted octanol–water partition coefficient (Wildman–Crippen LogP) is 29.5. The van der Waals surface area contributed by atoms with Crippen LogP contribution in [0.4, 0.5) is 0 Å². The Balaban J connectivity index is 0.560. The van der Waals surface area contributed by atoms with E-state index in [0.29, 0.717) is 34.2 Å². The molecular formula is C120H70N12. The Kier molecular flexibility index (Phi) is 18.5. The molecule has 24 aromatic rings. The third-order valence-electron chi connectivity index (χ3n) is 25.8. The van der Waals surface area contributed by atoms with E-state index < -0.39 is 0 Å². The van der Waals surface area contributed by atoms with Gasteiger partial charge in [0.05, 0.1) is 113 Å². The zero-order chi connectivity index (χ0) is 88.0. The Bertz CT molecular complexity index is 8520. The summed E-state index contributed by atoms with van der Waals surface area (Å²) in [5.74, 6) is 1.05. The summed E-state index contributed by atoms with van der Waals surface area (Å²) in [6.07, 6.45) is 0. The second-order valence-corrected chi connectivity index (χ2v) is 33.4. The Morgan fingerprint density at radius 1 is 0.152 bits per heavy atom. The van der Waals surface area contributed by atoms with Gasteiger partial charge in [-0.05, 0) is 254 Å². The van der Waals surface area contributed by atoms with Crippen LogP contribution in [0.5, 0.6) is 0 Å². The molecule has 0 bridgehead atoms. The topological polar surface area (TPSA) is 166 Å². The lowest BCUT2D eigenvalue weighted by Gasteiger charge is -2.15. The maximum atomic E-state index is 9.78. The van der Waals surface area contributed by atoms with Crippen LogP contribution < -0.4 is 0 Å². The van der Waals surface area contributed by atoms with Crippen LogP contribution in [0.1, 0.15) is 22.3 Å². The van der Waals surface area contributed by atoms with Crippen LogP contribution in [0.25, 0.3) is 233 Å². The molecule has 6 aromatic heterocycles. The molecular weight excluding hydrogens is 1610 g/mol. The number of nitriles is 4. The minimum absolute atomic E-state index is 0.523. The SMILES string of the molecule is N#Cc1ccc(-c2ccc(-c3cc(-c4ccc(C#N)cc4)nc(-n4c5ccccc5c5cc(-c6ccc7c(c6)c6ccccc6n7-c6cccc(-c7cc(-c8ccccc8)cc(-c8cccc(-n9c%10ccccc%10c%10cc(-c%11ccc%12c(c%11)c%11ccccc%11n%12-c%11nc(-c%12ccc(C#N)cc%12)cc(-c%12ccc(-c%13ccc(C#N)cc%13)cc%12)n%11)ccc%109)c8)c7)c6)ccc54)n3)cc2)cc1. The van der Waals surface area contributed by atoms with Gasteiger partial charge < -0.3 is 9.13 Å². The molecule has 0 amide bonds. The smallest absolute Gasteiger partial charge is 0.235 e. The first-order valence-electron chi connectivity index (χ1n) is 43.7. The molecule has 0 N–H and O–H groups in total. The van der Waals surface area contributed by atoms with Gasteiger partial charge in [-0.15, -0.1) is 0 Å². The van der Waals surface area contributed by atoms with Gasteiger partial charge in [-0.2, -0.15) is 21.0 Å². The van der Waals surface area contributed by atoms with E-state index in [9.17, 15) is 21.0 Å². The normalized spacial score (nSPS) is 11.5. The Hall–Kier alpha value is -18.7. The van der Waals surface area contributed by atoms with Crippen molar-refractivity contribution in [2.45, 2.75) is 0 Å². The van der Waals surface area contributed by atoms with E-state index in [1.165, 1.54) is 0 Å². The first-order valence-corrected chi connectivity index (χ1v) is 43.7. The highest BCUT2D eigenvalue weighted by Crippen LogP contribution is 2.45. The Labute approximate surface area is 758 Å². The summed E-state index contributed by atoms with van der Waals surface area (Å²) in [4.78, 5) is 21.4. The second-order valence-electron chi connectivity index (χ2n) is 33.4. The number of para-hydroxylation sites is 4. The number of hydrogen-bond donors (Lipinski definition) is 0. The van der Waals surface area contributed by atoms with E-state index in [0.717, 1.165) is 222 Å². The summed E-state index contributed by atoms with van der Waals surface area (Å²) in [6, 6.07) is 157. The fraction of sp³-hybridized carbons (Fsp3) is 0. The minimum atomic E-state index is 0.523. The van der Waals surface area contributed by atoms with Gasteiger partial charge in [0.1, 0.15) is 0 Å². The number of aromatic nitrogens is 8. The van der Waals surface area contributed by atoms with Crippen LogP contribution in [-0.4, -0.2) is 38.2 Å². The van der Waals surface area contributed by atoms with Crippen molar-refractivity contribution in [1.82, 2.24) is 38.2 Å². The Morgan fingerprint density at radius 2 is 0.371 bits per heavy atom. The molecule has 132 heavy (non-hydrogen) atoms. The quantitative estimate of drug-likeness (QED) is 0.0978. The average molecular weight is 1680 g/mol. The monoisotopic (exact) mass is 1680 g/mol. The van der Waals surface area contributed by atoms with Gasteiger partial charge in [-0.25, -0.2) is 19.9 Å². The van der Waals surface area contributed by atoms with Crippen molar-refractivity contribution in [3.8, 4) is 170 Å². The van der Waals surface area contributed by atoms with Gasteiger partial charge in [-0.1, -0.05) is 249 Å². The number of hydrogen-bond acceptors (Lipinski definition) is 8. The summed E-state index contributed by atoms with van der Waals surface area (Å²) in [5, 5.41) is 47.4. The largest absolute Gasteiger partial charge is 0.309 e. The lowest BCUT2D eigenvalue weighted by Crippen LogP contribution is -2.04. The first kappa shape index (κ1) is 76.9. The highest BCUT2D eigenvalue weighted by atomic mass is 15.2. The molecule has 0 aliphatic carbocycles. The molecule has 0 fully saturated rings. The molecule has 0 unspecified atom stereocenters. The van der Waals surface area contributed by atoms with E-state index in [2.05, 4.69) is 358 Å². The van der Waals surface area contributed by atoms with E-state index >= 15 is 0 Å². The third-order valence-corrected chi connectivity index (χ3v) is 25.8. The lowest BCUT2D eigenvalue weighted by atomic mass is 9.93. The average Bonchev–Trinajstić information content (AvgIpc) is 1.59. The molecule has 6 heterocycles. The Morgan fingerprint density at radius 3 is 0.682 bits per heavy atom. The number of nitrogens with zero attached hydrogens (tertiary/aromatic N) is 12. The van der Waals surface area contributed by atoms with Gasteiger partial charge in [0.2, 0.25) is 11.9 Å². The molecule has 610 valence electrons. The fourth-order valence-electron chi connectivity index (χ4n) is 19.2. The summed E-state index contributed by atoms with van der Waals surface area (Å²) < 4.78 is 9.16. The molecule has 0 aliphatic heterocycles. The van der Waals surface area contributed by atoms with Gasteiger partial charge in [0.25, 0.3) is 0 Å². The van der Waals surface area contributed by atoms with Gasteiger partial charge in [-0.3, -0.25) is 9.13 Å². The minimum Gasteiger partial charge on any atom is -0.309 e. The fourth-order valence-corrected chi connectivity index (χ4v) is 19.2. The molecule has 0 saturated heterocycles. The van der Waals surface area contributed by atoms with Crippen LogP contribution >= 0.6 is 0 Å². The number of benzene rings is 18. The van der Waals surface area contributed by atoms with Crippen molar-refractivity contribution in [3.63, 3.8) is 0 Å². The zero-order valence-electron chi connectivity index (χ0n) is 70.8. The predicted molar refractivity (Wildman–Crippen MR) is 534 cm³/mol. The third kappa shape index (κ3) is 13.4. The van der Waals surface area contributed by atoms with E-state index in [1.807, 2.05) is 109 Å². The van der Waals surface area contributed by atoms with Crippen LogP contribution in [0.15, 0.2) is 425 Å². The van der Waals surface area contributed by atoms with Crippen molar-refractivity contribution in [2.75, 3.05) is 0 Å². The van der Waals surface area contributed by atoms with E-state index in [-0.39, 0.29) is 0 Å². The number of fused-ring (bicyclic) bond motifs is 12. The van der Waals surface area contributed by atoms with Crippen LogP contribution in [0.3, 0.4) is 0 Å². The van der Waals surface area contributed by atoms with Gasteiger partial charge >= 0.3 is 0 Å². The highest BCUT2D eigenvalue weighted by molar-refractivity contribution is 6.15. The molecule has 12 heteroatoms. The van der Waals surface area contributed by atoms with Gasteiger partial charge in [0.15, 0.2) is 0 Å². The second kappa shape index (κ2) is 31.7. The zero-order valence-corrected chi connectivity index (χ0v) is 70.8. The summed E-state index contributed by atoms with van der Waals surface area (Å²) in [7, 11) is 0. The van der Waals surface area contributed by atoms with Crippen molar-refractivity contribution >= 4 is 87.2 Å². The van der Waals surface area contributed by atoms with E-state index in [4.69, 9.17) is 19.9 Å². The molecule has 0 saturated carbocycles. The molecule has 0 spiro atoms. The summed E-state index contributed by atoms with van der Waals surface area (Å²) in [6.45, 7) is 0. The van der Waals surface area contributed by atoms with Crippen molar-refractivity contribution < 1.29 is 0 Å². The molecule has 18 aromatic carbocycles. The number of rotatable bonds is 15. The maximum Gasteiger partial charge on any atom is 0.235 e. The molecule has 0 radical (unpaired) electrons.